The lowest BCUT2D eigenvalue weighted by Gasteiger charge is -2.10. The van der Waals surface area contributed by atoms with Crippen LogP contribution in [0.15, 0.2) is 22.7 Å². The van der Waals surface area contributed by atoms with E-state index in [1.54, 1.807) is 0 Å². The van der Waals surface area contributed by atoms with E-state index in [-0.39, 0.29) is 18.0 Å². The lowest BCUT2D eigenvalue weighted by atomic mass is 10.2. The van der Waals surface area contributed by atoms with Crippen molar-refractivity contribution < 1.29 is 14.3 Å². The first-order valence-corrected chi connectivity index (χ1v) is 6.24. The molecule has 0 aliphatic rings. The molecule has 3 nitrogen and oxygen atoms in total. The third-order valence-corrected chi connectivity index (χ3v) is 2.70. The van der Waals surface area contributed by atoms with Crippen LogP contribution in [-0.2, 0) is 0 Å². The first kappa shape index (κ1) is 14.1. The summed E-state index contributed by atoms with van der Waals surface area (Å²) in [5.74, 6) is -0.862. The second-order valence-corrected chi connectivity index (χ2v) is 4.73. The number of hydrogen-bond donors (Lipinski definition) is 2. The molecule has 0 bridgehead atoms. The molecular formula is C12H15BrFNO2. The zero-order chi connectivity index (χ0) is 12.8. The van der Waals surface area contributed by atoms with Crippen LogP contribution in [0, 0.1) is 5.82 Å². The number of amides is 1. The Morgan fingerprint density at radius 1 is 1.53 bits per heavy atom. The number of benzene rings is 1. The van der Waals surface area contributed by atoms with Gasteiger partial charge in [-0.3, -0.25) is 4.79 Å². The molecule has 0 fully saturated rings. The molecule has 1 aromatic rings. The van der Waals surface area contributed by atoms with E-state index < -0.39 is 11.9 Å². The minimum Gasteiger partial charge on any atom is -0.391 e. The summed E-state index contributed by atoms with van der Waals surface area (Å²) >= 11 is 3.12. The number of rotatable bonds is 5. The molecule has 1 rings (SSSR count). The molecule has 17 heavy (non-hydrogen) atoms. The second kappa shape index (κ2) is 6.71. The topological polar surface area (TPSA) is 49.3 Å². The van der Waals surface area contributed by atoms with Gasteiger partial charge in [-0.2, -0.15) is 0 Å². The molecule has 0 aliphatic carbocycles. The van der Waals surface area contributed by atoms with E-state index in [1.807, 2.05) is 6.92 Å². The largest absolute Gasteiger partial charge is 0.391 e. The maximum atomic E-state index is 13.0. The molecular weight excluding hydrogens is 289 g/mol. The van der Waals surface area contributed by atoms with Crippen molar-refractivity contribution in [3.8, 4) is 0 Å². The Bertz CT molecular complexity index is 378. The predicted octanol–water partition coefficient (Wildman–Crippen LogP) is 2.48. The summed E-state index contributed by atoms with van der Waals surface area (Å²) in [6, 6.07) is 3.97. The number of carbonyl (C=O) groups is 1. The van der Waals surface area contributed by atoms with Crippen LogP contribution >= 0.6 is 15.9 Å². The fourth-order valence-electron chi connectivity index (χ4n) is 1.43. The van der Waals surface area contributed by atoms with Crippen molar-refractivity contribution >= 4 is 21.8 Å². The van der Waals surface area contributed by atoms with Crippen molar-refractivity contribution in [2.24, 2.45) is 0 Å². The predicted molar refractivity (Wildman–Crippen MR) is 67.3 cm³/mol. The Hall–Kier alpha value is -0.940. The third-order valence-electron chi connectivity index (χ3n) is 2.24. The normalized spacial score (nSPS) is 12.2. The molecule has 0 saturated carbocycles. The van der Waals surface area contributed by atoms with Gasteiger partial charge < -0.3 is 10.4 Å². The molecule has 1 atom stereocenters. The fraction of sp³-hybridized carbons (Fsp3) is 0.417. The molecule has 0 heterocycles. The van der Waals surface area contributed by atoms with Crippen molar-refractivity contribution in [2.75, 3.05) is 6.54 Å². The van der Waals surface area contributed by atoms with E-state index in [0.29, 0.717) is 10.9 Å². The highest BCUT2D eigenvalue weighted by atomic mass is 79.9. The number of hydrogen-bond acceptors (Lipinski definition) is 2. The molecule has 0 spiro atoms. The summed E-state index contributed by atoms with van der Waals surface area (Å²) in [7, 11) is 0. The van der Waals surface area contributed by atoms with Crippen molar-refractivity contribution in [2.45, 2.75) is 25.9 Å². The smallest absolute Gasteiger partial charge is 0.251 e. The van der Waals surface area contributed by atoms with Gasteiger partial charge in [-0.15, -0.1) is 0 Å². The number of carbonyl (C=O) groups excluding carboxylic acids is 1. The van der Waals surface area contributed by atoms with E-state index in [4.69, 9.17) is 0 Å². The minimum absolute atomic E-state index is 0.181. The van der Waals surface area contributed by atoms with Gasteiger partial charge in [0.15, 0.2) is 0 Å². The van der Waals surface area contributed by atoms with Crippen LogP contribution in [0.4, 0.5) is 4.39 Å². The molecule has 94 valence electrons. The van der Waals surface area contributed by atoms with Crippen molar-refractivity contribution in [1.29, 1.82) is 0 Å². The maximum absolute atomic E-state index is 13.0. The third kappa shape index (κ3) is 4.83. The Morgan fingerprint density at radius 3 is 2.82 bits per heavy atom. The molecule has 1 aromatic carbocycles. The fourth-order valence-corrected chi connectivity index (χ4v) is 1.90. The standard InChI is InChI=1S/C12H15BrFNO2/c1-2-3-11(16)7-15-12(17)8-4-9(13)6-10(14)5-8/h4-6,11,16H,2-3,7H2,1H3,(H,15,17). The lowest BCUT2D eigenvalue weighted by Crippen LogP contribution is -2.32. The highest BCUT2D eigenvalue weighted by molar-refractivity contribution is 9.10. The number of halogens is 2. The number of aliphatic hydroxyl groups excluding tert-OH is 1. The lowest BCUT2D eigenvalue weighted by molar-refractivity contribution is 0.0909. The summed E-state index contributed by atoms with van der Waals surface area (Å²) in [4.78, 5) is 11.6. The van der Waals surface area contributed by atoms with E-state index in [2.05, 4.69) is 21.2 Å². The van der Waals surface area contributed by atoms with Gasteiger partial charge in [0.1, 0.15) is 5.82 Å². The second-order valence-electron chi connectivity index (χ2n) is 3.81. The molecule has 0 aromatic heterocycles. The van der Waals surface area contributed by atoms with Crippen LogP contribution in [0.1, 0.15) is 30.1 Å². The number of aliphatic hydroxyl groups is 1. The highest BCUT2D eigenvalue weighted by Crippen LogP contribution is 2.14. The molecule has 0 saturated heterocycles. The molecule has 2 N–H and O–H groups in total. The van der Waals surface area contributed by atoms with Gasteiger partial charge in [-0.1, -0.05) is 29.3 Å². The Labute approximate surface area is 108 Å². The summed E-state index contributed by atoms with van der Waals surface area (Å²) in [6.07, 6.45) is 0.927. The van der Waals surface area contributed by atoms with Gasteiger partial charge in [0.05, 0.1) is 6.10 Å². The van der Waals surface area contributed by atoms with E-state index >= 15 is 0 Å². The summed E-state index contributed by atoms with van der Waals surface area (Å²) < 4.78 is 13.6. The van der Waals surface area contributed by atoms with Crippen molar-refractivity contribution in [1.82, 2.24) is 5.32 Å². The van der Waals surface area contributed by atoms with Crippen molar-refractivity contribution in [3.63, 3.8) is 0 Å². The van der Waals surface area contributed by atoms with Crippen LogP contribution in [0.3, 0.4) is 0 Å². The highest BCUT2D eigenvalue weighted by Gasteiger charge is 2.10. The summed E-state index contributed by atoms with van der Waals surface area (Å²) in [5, 5.41) is 12.0. The quantitative estimate of drug-likeness (QED) is 0.878. The van der Waals surface area contributed by atoms with Gasteiger partial charge in [-0.25, -0.2) is 4.39 Å². The Kier molecular flexibility index (Phi) is 5.58. The Morgan fingerprint density at radius 2 is 2.24 bits per heavy atom. The van der Waals surface area contributed by atoms with Gasteiger partial charge in [0.25, 0.3) is 5.91 Å². The average molecular weight is 304 g/mol. The van der Waals surface area contributed by atoms with Crippen LogP contribution in [0.2, 0.25) is 0 Å². The van der Waals surface area contributed by atoms with Gasteiger partial charge >= 0.3 is 0 Å². The van der Waals surface area contributed by atoms with Gasteiger partial charge in [0, 0.05) is 16.6 Å². The van der Waals surface area contributed by atoms with E-state index in [9.17, 15) is 14.3 Å². The molecule has 5 heteroatoms. The molecule has 0 aliphatic heterocycles. The number of nitrogens with one attached hydrogen (secondary N) is 1. The first-order chi connectivity index (χ1) is 8.02. The average Bonchev–Trinajstić information content (AvgIpc) is 2.25. The summed E-state index contributed by atoms with van der Waals surface area (Å²) in [6.45, 7) is 2.13. The molecule has 1 unspecified atom stereocenters. The van der Waals surface area contributed by atoms with Crippen LogP contribution < -0.4 is 5.32 Å². The SMILES string of the molecule is CCCC(O)CNC(=O)c1cc(F)cc(Br)c1. The van der Waals surface area contributed by atoms with Crippen LogP contribution in [0.5, 0.6) is 0 Å². The first-order valence-electron chi connectivity index (χ1n) is 5.45. The van der Waals surface area contributed by atoms with Gasteiger partial charge in [0.2, 0.25) is 0 Å². The minimum atomic E-state index is -0.555. The summed E-state index contributed by atoms with van der Waals surface area (Å²) in [5.41, 5.74) is 0.237. The van der Waals surface area contributed by atoms with Crippen molar-refractivity contribution in [3.05, 3.63) is 34.1 Å². The maximum Gasteiger partial charge on any atom is 0.251 e. The van der Waals surface area contributed by atoms with Crippen LogP contribution in [0.25, 0.3) is 0 Å². The van der Waals surface area contributed by atoms with E-state index in [1.165, 1.54) is 12.1 Å². The van der Waals surface area contributed by atoms with Crippen LogP contribution in [-0.4, -0.2) is 23.7 Å². The van der Waals surface area contributed by atoms with E-state index in [0.717, 1.165) is 12.5 Å². The monoisotopic (exact) mass is 303 g/mol. The Balaban J connectivity index is 2.58. The molecule has 0 radical (unpaired) electrons. The van der Waals surface area contributed by atoms with Gasteiger partial charge in [-0.05, 0) is 24.6 Å². The zero-order valence-electron chi connectivity index (χ0n) is 9.54. The zero-order valence-corrected chi connectivity index (χ0v) is 11.1. The molecule has 1 amide bonds.